The molecule has 0 aliphatic heterocycles. The zero-order chi connectivity index (χ0) is 24.4. The largest absolute Gasteiger partial charge is 0.512 e. The number of fused-ring (bicyclic) bond motifs is 2. The van der Waals surface area contributed by atoms with Crippen molar-refractivity contribution in [3.05, 3.63) is 90.0 Å². The fourth-order valence-corrected chi connectivity index (χ4v) is 4.60. The van der Waals surface area contributed by atoms with Crippen LogP contribution in [0.5, 0.6) is 11.6 Å². The van der Waals surface area contributed by atoms with Gasteiger partial charge >= 0.3 is 6.16 Å². The number of benzene rings is 4. The van der Waals surface area contributed by atoms with E-state index in [1.807, 2.05) is 66.7 Å². The van der Waals surface area contributed by atoms with E-state index in [1.54, 1.807) is 0 Å². The van der Waals surface area contributed by atoms with Crippen molar-refractivity contribution < 1.29 is 19.4 Å². The average Bonchev–Trinajstić information content (AvgIpc) is 3.18. The predicted molar refractivity (Wildman–Crippen MR) is 139 cm³/mol. The number of carboxylic acid groups (broad SMARTS) is 1. The molecule has 0 saturated heterocycles. The molecule has 5 rings (SSSR count). The molecule has 0 spiro atoms. The molecule has 1 heterocycles. The van der Waals surface area contributed by atoms with Crippen LogP contribution in [-0.2, 0) is 6.42 Å². The van der Waals surface area contributed by atoms with Gasteiger partial charge in [0.15, 0.2) is 0 Å². The minimum absolute atomic E-state index is 0.258. The zero-order valence-corrected chi connectivity index (χ0v) is 19.4. The van der Waals surface area contributed by atoms with Crippen molar-refractivity contribution in [2.75, 3.05) is 12.3 Å². The van der Waals surface area contributed by atoms with E-state index in [0.717, 1.165) is 49.7 Å². The fourth-order valence-electron chi connectivity index (χ4n) is 4.60. The summed E-state index contributed by atoms with van der Waals surface area (Å²) in [5, 5.41) is 12.3. The summed E-state index contributed by atoms with van der Waals surface area (Å²) in [6.45, 7) is 2.53. The van der Waals surface area contributed by atoms with Gasteiger partial charge in [-0.25, -0.2) is 4.79 Å². The lowest BCUT2D eigenvalue weighted by Gasteiger charge is -2.10. The number of ether oxygens (including phenoxy) is 2. The van der Waals surface area contributed by atoms with Gasteiger partial charge < -0.3 is 25.3 Å². The van der Waals surface area contributed by atoms with Gasteiger partial charge in [-0.15, -0.1) is 0 Å². The van der Waals surface area contributed by atoms with Gasteiger partial charge in [0.1, 0.15) is 5.75 Å². The number of hydrogen-bond acceptors (Lipinski definition) is 4. The third kappa shape index (κ3) is 4.51. The van der Waals surface area contributed by atoms with Crippen molar-refractivity contribution in [2.45, 2.75) is 19.8 Å². The Kier molecular flexibility index (Phi) is 6.02. The van der Waals surface area contributed by atoms with E-state index in [4.69, 9.17) is 15.2 Å². The Morgan fingerprint density at radius 3 is 2.57 bits per heavy atom. The highest BCUT2D eigenvalue weighted by Gasteiger charge is 2.18. The van der Waals surface area contributed by atoms with Crippen molar-refractivity contribution in [1.82, 2.24) is 4.98 Å². The number of H-pyrrole nitrogens is 1. The lowest BCUT2D eigenvalue weighted by Crippen LogP contribution is -2.06. The van der Waals surface area contributed by atoms with Crippen LogP contribution in [0.4, 0.5) is 10.5 Å². The fraction of sp³-hybridized carbons (Fsp3) is 0.138. The van der Waals surface area contributed by atoms with Gasteiger partial charge in [0, 0.05) is 27.6 Å². The van der Waals surface area contributed by atoms with Crippen molar-refractivity contribution in [2.24, 2.45) is 0 Å². The first-order valence-corrected chi connectivity index (χ1v) is 11.5. The van der Waals surface area contributed by atoms with Crippen LogP contribution in [-0.4, -0.2) is 22.9 Å². The van der Waals surface area contributed by atoms with Crippen LogP contribution in [0.25, 0.3) is 32.8 Å². The number of rotatable bonds is 7. The van der Waals surface area contributed by atoms with E-state index < -0.39 is 6.16 Å². The Morgan fingerprint density at radius 2 is 1.74 bits per heavy atom. The Labute approximate surface area is 202 Å². The number of anilines is 1. The van der Waals surface area contributed by atoms with E-state index >= 15 is 0 Å². The first-order chi connectivity index (χ1) is 17.0. The standard InChI is InChI=1S/C29H26N2O4/c1-18-7-2-3-9-21(18)23-10-5-11-24-25(28(31-27(23)24)35-29(32)33)12-6-16-34-26-13-4-8-19-17-20(30)14-15-22(19)26/h2-5,7-11,13-15,17,31H,6,12,16,30H2,1H3,(H,32,33). The maximum Gasteiger partial charge on any atom is 0.512 e. The van der Waals surface area contributed by atoms with Gasteiger partial charge in [0.25, 0.3) is 0 Å². The summed E-state index contributed by atoms with van der Waals surface area (Å²) in [6, 6.07) is 25.8. The maximum atomic E-state index is 11.4. The third-order valence-electron chi connectivity index (χ3n) is 6.22. The quantitative estimate of drug-likeness (QED) is 0.137. The Morgan fingerprint density at radius 1 is 0.943 bits per heavy atom. The normalized spacial score (nSPS) is 11.1. The molecule has 35 heavy (non-hydrogen) atoms. The summed E-state index contributed by atoms with van der Waals surface area (Å²) in [6.07, 6.45) is -0.0676. The molecule has 0 atom stereocenters. The van der Waals surface area contributed by atoms with Crippen LogP contribution in [0.2, 0.25) is 0 Å². The highest BCUT2D eigenvalue weighted by Crippen LogP contribution is 2.37. The molecular formula is C29H26N2O4. The van der Waals surface area contributed by atoms with Crippen LogP contribution < -0.4 is 15.2 Å². The van der Waals surface area contributed by atoms with E-state index in [1.165, 1.54) is 0 Å². The monoisotopic (exact) mass is 466 g/mol. The van der Waals surface area contributed by atoms with Gasteiger partial charge in [-0.3, -0.25) is 0 Å². The number of para-hydroxylation sites is 1. The van der Waals surface area contributed by atoms with Crippen LogP contribution in [0, 0.1) is 6.92 Å². The summed E-state index contributed by atoms with van der Waals surface area (Å²) in [5.41, 5.74) is 11.5. The summed E-state index contributed by atoms with van der Waals surface area (Å²) < 4.78 is 11.2. The zero-order valence-electron chi connectivity index (χ0n) is 19.4. The molecule has 5 aromatic rings. The molecule has 0 bridgehead atoms. The Balaban J connectivity index is 1.41. The predicted octanol–water partition coefficient (Wildman–Crippen LogP) is 6.95. The molecule has 4 aromatic carbocycles. The highest BCUT2D eigenvalue weighted by atomic mass is 16.7. The molecule has 6 nitrogen and oxygen atoms in total. The molecule has 176 valence electrons. The number of nitrogen functional groups attached to an aromatic ring is 1. The molecule has 0 unspecified atom stereocenters. The molecule has 6 heteroatoms. The van der Waals surface area contributed by atoms with Gasteiger partial charge in [-0.05, 0) is 60.5 Å². The third-order valence-corrected chi connectivity index (χ3v) is 6.22. The molecule has 0 saturated carbocycles. The number of nitrogens with one attached hydrogen (secondary N) is 1. The van der Waals surface area contributed by atoms with Crippen LogP contribution in [0.1, 0.15) is 17.5 Å². The number of aryl methyl sites for hydroxylation is 2. The minimum atomic E-state index is -1.35. The molecule has 4 N–H and O–H groups in total. The summed E-state index contributed by atoms with van der Waals surface area (Å²) in [4.78, 5) is 14.6. The van der Waals surface area contributed by atoms with E-state index in [0.29, 0.717) is 25.1 Å². The lowest BCUT2D eigenvalue weighted by molar-refractivity contribution is 0.142. The second-order valence-electron chi connectivity index (χ2n) is 8.53. The molecule has 0 aliphatic rings. The van der Waals surface area contributed by atoms with Gasteiger partial charge in [-0.2, -0.15) is 0 Å². The smallest absolute Gasteiger partial charge is 0.493 e. The summed E-state index contributed by atoms with van der Waals surface area (Å²) >= 11 is 0. The van der Waals surface area contributed by atoms with Crippen LogP contribution in [0.3, 0.4) is 0 Å². The first-order valence-electron chi connectivity index (χ1n) is 11.5. The van der Waals surface area contributed by atoms with Crippen molar-refractivity contribution in [3.63, 3.8) is 0 Å². The van der Waals surface area contributed by atoms with Crippen LogP contribution >= 0.6 is 0 Å². The van der Waals surface area contributed by atoms with E-state index in [9.17, 15) is 9.90 Å². The van der Waals surface area contributed by atoms with E-state index in [2.05, 4.69) is 24.0 Å². The molecule has 0 radical (unpaired) electrons. The summed E-state index contributed by atoms with van der Waals surface area (Å²) in [7, 11) is 0. The Hall–Kier alpha value is -4.45. The van der Waals surface area contributed by atoms with Crippen molar-refractivity contribution >= 4 is 33.5 Å². The number of nitrogens with two attached hydrogens (primary N) is 1. The molecule has 0 aliphatic carbocycles. The second-order valence-corrected chi connectivity index (χ2v) is 8.53. The molecule has 1 aromatic heterocycles. The lowest BCUT2D eigenvalue weighted by atomic mass is 9.97. The van der Waals surface area contributed by atoms with Crippen LogP contribution in [0.15, 0.2) is 78.9 Å². The Bertz CT molecular complexity index is 1540. The summed E-state index contributed by atoms with van der Waals surface area (Å²) in [5.74, 6) is 1.06. The number of aromatic nitrogens is 1. The van der Waals surface area contributed by atoms with Crippen molar-refractivity contribution in [3.8, 4) is 22.8 Å². The van der Waals surface area contributed by atoms with Crippen molar-refractivity contribution in [1.29, 1.82) is 0 Å². The second kappa shape index (κ2) is 9.43. The molecule has 0 fully saturated rings. The first kappa shape index (κ1) is 22.3. The number of aromatic amines is 1. The molecule has 0 amide bonds. The van der Waals surface area contributed by atoms with Gasteiger partial charge in [-0.1, -0.05) is 54.6 Å². The minimum Gasteiger partial charge on any atom is -0.493 e. The number of hydrogen-bond donors (Lipinski definition) is 3. The number of carbonyl (C=O) groups is 1. The van der Waals surface area contributed by atoms with Gasteiger partial charge in [0.2, 0.25) is 5.88 Å². The topological polar surface area (TPSA) is 97.6 Å². The highest BCUT2D eigenvalue weighted by molar-refractivity contribution is 5.98. The SMILES string of the molecule is Cc1ccccc1-c1cccc2c(CCCOc3cccc4cc(N)ccc34)c(OC(=O)O)[nH]c12. The van der Waals surface area contributed by atoms with E-state index in [-0.39, 0.29) is 5.88 Å². The maximum absolute atomic E-state index is 11.4. The van der Waals surface area contributed by atoms with Gasteiger partial charge in [0.05, 0.1) is 12.1 Å². The molecular weight excluding hydrogens is 440 g/mol. The average molecular weight is 467 g/mol.